The van der Waals surface area contributed by atoms with Gasteiger partial charge in [0.15, 0.2) is 35.1 Å². The van der Waals surface area contributed by atoms with Crippen molar-refractivity contribution in [1.29, 1.82) is 0 Å². The van der Waals surface area contributed by atoms with E-state index < -0.39 is 74.6 Å². The van der Waals surface area contributed by atoms with Crippen molar-refractivity contribution in [3.05, 3.63) is 35.2 Å². The van der Waals surface area contributed by atoms with E-state index in [1.54, 1.807) is 6.92 Å². The number of rotatable bonds is 2. The van der Waals surface area contributed by atoms with Gasteiger partial charge in [0, 0.05) is 5.92 Å². The summed E-state index contributed by atoms with van der Waals surface area (Å²) >= 11 is 5.46. The lowest BCUT2D eigenvalue weighted by atomic mass is 10.0. The molecular weight excluding hydrogens is 672 g/mol. The first-order valence-electron chi connectivity index (χ1n) is 14.0. The van der Waals surface area contributed by atoms with E-state index in [4.69, 9.17) is 49.8 Å². The molecule has 46 heavy (non-hydrogen) atoms. The molecule has 0 aromatic carbocycles. The number of anilines is 1. The van der Waals surface area contributed by atoms with Crippen LogP contribution in [0.25, 0.3) is 22.3 Å². The van der Waals surface area contributed by atoms with Crippen molar-refractivity contribution in [2.24, 2.45) is 5.92 Å². The molecule has 10 atom stereocenters. The van der Waals surface area contributed by atoms with Crippen LogP contribution in [0.5, 0.6) is 0 Å². The zero-order chi connectivity index (χ0) is 31.8. The molecule has 0 amide bonds. The van der Waals surface area contributed by atoms with Crippen LogP contribution in [0.1, 0.15) is 24.7 Å². The summed E-state index contributed by atoms with van der Waals surface area (Å²) in [6, 6.07) is 0. The van der Waals surface area contributed by atoms with Crippen molar-refractivity contribution in [3.8, 4) is 0 Å². The number of H-pyrrole nitrogens is 1. The van der Waals surface area contributed by atoms with Crippen molar-refractivity contribution >= 4 is 54.5 Å². The minimum absolute atomic E-state index is 0.0647. The first-order valence-corrected chi connectivity index (χ1v) is 18.1. The van der Waals surface area contributed by atoms with Crippen LogP contribution in [-0.2, 0) is 48.7 Å². The molecule has 5 fully saturated rings. The van der Waals surface area contributed by atoms with Gasteiger partial charge in [-0.25, -0.2) is 29.5 Å². The van der Waals surface area contributed by atoms with Gasteiger partial charge in [-0.15, -0.1) is 0 Å². The summed E-state index contributed by atoms with van der Waals surface area (Å²) in [4.78, 5) is 58.5. The van der Waals surface area contributed by atoms with Gasteiger partial charge in [0.1, 0.15) is 47.2 Å². The highest BCUT2D eigenvalue weighted by Gasteiger charge is 2.71. The van der Waals surface area contributed by atoms with E-state index in [9.17, 15) is 19.1 Å². The molecule has 2 unspecified atom stereocenters. The van der Waals surface area contributed by atoms with E-state index in [-0.39, 0.29) is 30.2 Å². The Morgan fingerprint density at radius 2 is 1.70 bits per heavy atom. The Bertz CT molecular complexity index is 2090. The predicted octanol–water partition coefficient (Wildman–Crippen LogP) is -0.0616. The van der Waals surface area contributed by atoms with E-state index in [2.05, 4.69) is 29.9 Å². The molecule has 4 saturated heterocycles. The fourth-order valence-electron chi connectivity index (χ4n) is 6.80. The van der Waals surface area contributed by atoms with E-state index in [1.807, 2.05) is 0 Å². The van der Waals surface area contributed by atoms with Crippen LogP contribution < -0.4 is 11.3 Å². The maximum atomic E-state index is 13.5. The third-order valence-electron chi connectivity index (χ3n) is 9.02. The highest BCUT2D eigenvalue weighted by atomic mass is 32.5. The number of nitrogens with zero attached hydrogens (tertiary/aromatic N) is 7. The number of phosphoric ester groups is 1. The van der Waals surface area contributed by atoms with Gasteiger partial charge in [-0.3, -0.25) is 23.0 Å². The monoisotopic (exact) mass is 697 g/mol. The highest BCUT2D eigenvalue weighted by molar-refractivity contribution is 8.07. The van der Waals surface area contributed by atoms with E-state index in [0.717, 1.165) is 0 Å². The number of nitrogen functional groups attached to an aromatic ring is 1. The summed E-state index contributed by atoms with van der Waals surface area (Å²) in [7, 11) is -4.80. The topological polar surface area (TPSA) is 255 Å². The van der Waals surface area contributed by atoms with Crippen LogP contribution >= 0.6 is 14.5 Å². The Morgan fingerprint density at radius 1 is 0.978 bits per heavy atom. The summed E-state index contributed by atoms with van der Waals surface area (Å²) in [6.45, 7) is -3.40. The van der Waals surface area contributed by atoms with Crippen LogP contribution in [-0.4, -0.2) is 98.2 Å². The lowest BCUT2D eigenvalue weighted by Crippen LogP contribution is -2.46. The molecule has 20 nitrogen and oxygen atoms in total. The standard InChI is InChI=1S/C23H25N9O11P2S/c1-9-29-18-12(19(33)30-9)28-8-32(18)20-13-10-2-22(10,40-20)4-38-44(34,35)43-15-14-21(31-7-27-11-16(24)25-6-26-17(11)31)41-23(15,3-37-14)5-39-45(36,46)42-13/h6-8,10,13-15,20-21H,2-5H2,1H3,(H,34,35)(H,36,46)(H2,24,25,26)(H,29,30,33)/t10-,13+,14+,15-,20+,21+,22+,23+,45?/m0/s1. The molecule has 5 aliphatic rings. The highest BCUT2D eigenvalue weighted by Crippen LogP contribution is 2.66. The number of imidazole rings is 2. The normalized spacial score (nSPS) is 42.0. The van der Waals surface area contributed by atoms with Crippen molar-refractivity contribution < 1.29 is 46.7 Å². The third-order valence-corrected chi connectivity index (χ3v) is 11.5. The Kier molecular flexibility index (Phi) is 6.16. The molecule has 0 spiro atoms. The summed E-state index contributed by atoms with van der Waals surface area (Å²) in [5.74, 6) is 0.0575. The smallest absolute Gasteiger partial charge is 0.382 e. The first-order chi connectivity index (χ1) is 21.9. The second-order valence-corrected chi connectivity index (χ2v) is 16.1. The molecule has 23 heteroatoms. The Labute approximate surface area is 262 Å². The van der Waals surface area contributed by atoms with E-state index >= 15 is 0 Å². The average Bonchev–Trinajstić information content (AvgIpc) is 3.48. The molecule has 8 heterocycles. The Morgan fingerprint density at radius 3 is 2.52 bits per heavy atom. The van der Waals surface area contributed by atoms with Crippen LogP contribution in [0.15, 0.2) is 23.8 Å². The molecule has 4 aromatic rings. The number of hydrogen-bond acceptors (Lipinski definition) is 16. The Balaban J connectivity index is 1.07. The van der Waals surface area contributed by atoms with Gasteiger partial charge in [0.25, 0.3) is 5.56 Å². The fourth-order valence-corrected chi connectivity index (χ4v) is 9.30. The first kappa shape index (κ1) is 29.4. The van der Waals surface area contributed by atoms with Gasteiger partial charge in [-0.1, -0.05) is 0 Å². The average molecular weight is 698 g/mol. The van der Waals surface area contributed by atoms with Gasteiger partial charge in [0.05, 0.1) is 32.5 Å². The van der Waals surface area contributed by atoms with Crippen LogP contribution in [0.3, 0.4) is 0 Å². The summed E-state index contributed by atoms with van der Waals surface area (Å²) in [5, 5.41) is 0. The minimum Gasteiger partial charge on any atom is -0.382 e. The second-order valence-electron chi connectivity index (χ2n) is 11.9. The molecule has 5 N–H and O–H groups in total. The molecule has 244 valence electrons. The summed E-state index contributed by atoms with van der Waals surface area (Å²) in [5.41, 5.74) is 3.79. The van der Waals surface area contributed by atoms with Crippen LogP contribution in [0.4, 0.5) is 5.82 Å². The van der Waals surface area contributed by atoms with Gasteiger partial charge in [-0.05, 0) is 25.2 Å². The predicted molar refractivity (Wildman–Crippen MR) is 154 cm³/mol. The van der Waals surface area contributed by atoms with Crippen LogP contribution in [0.2, 0.25) is 0 Å². The van der Waals surface area contributed by atoms with Crippen molar-refractivity contribution in [3.63, 3.8) is 0 Å². The van der Waals surface area contributed by atoms with E-state index in [0.29, 0.717) is 23.4 Å². The Hall–Kier alpha value is -2.78. The molecule has 4 aromatic heterocycles. The molecule has 0 radical (unpaired) electrons. The number of aryl methyl sites for hydroxylation is 1. The van der Waals surface area contributed by atoms with Gasteiger partial charge in [-0.2, -0.15) is 0 Å². The number of nitrogens with one attached hydrogen (secondary N) is 1. The van der Waals surface area contributed by atoms with Gasteiger partial charge >= 0.3 is 14.5 Å². The molecule has 9 rings (SSSR count). The molecule has 4 bridgehead atoms. The lowest BCUT2D eigenvalue weighted by Gasteiger charge is -2.33. The van der Waals surface area contributed by atoms with Crippen molar-refractivity contribution in [1.82, 2.24) is 39.0 Å². The van der Waals surface area contributed by atoms with E-state index in [1.165, 1.54) is 28.1 Å². The molecule has 1 saturated carbocycles. The van der Waals surface area contributed by atoms with Gasteiger partial charge in [0.2, 0.25) is 0 Å². The number of aromatic nitrogens is 8. The van der Waals surface area contributed by atoms with Crippen molar-refractivity contribution in [2.45, 2.75) is 55.3 Å². The number of phosphoric acid groups is 1. The minimum atomic E-state index is -4.80. The third kappa shape index (κ3) is 4.32. The quantitative estimate of drug-likeness (QED) is 0.200. The number of nitrogens with two attached hydrogens (primary N) is 1. The number of aromatic amines is 1. The van der Waals surface area contributed by atoms with Gasteiger partial charge < -0.3 is 43.8 Å². The number of hydrogen-bond donors (Lipinski definition) is 4. The molecule has 1 aliphatic carbocycles. The van der Waals surface area contributed by atoms with Crippen molar-refractivity contribution in [2.75, 3.05) is 25.6 Å². The fraction of sp³-hybridized carbons (Fsp3) is 0.565. The summed E-state index contributed by atoms with van der Waals surface area (Å²) in [6.07, 6.45) is -0.662. The zero-order valence-corrected chi connectivity index (χ0v) is 26.2. The largest absolute Gasteiger partial charge is 0.472 e. The van der Waals surface area contributed by atoms with Crippen LogP contribution in [0, 0.1) is 12.8 Å². The number of fused-ring (bicyclic) bond motifs is 2. The number of ether oxygens (including phenoxy) is 3. The molecule has 4 aliphatic heterocycles. The maximum Gasteiger partial charge on any atom is 0.472 e. The zero-order valence-electron chi connectivity index (χ0n) is 23.6. The molecular formula is C23H25N9O11P2S. The lowest BCUT2D eigenvalue weighted by molar-refractivity contribution is -0.183. The maximum absolute atomic E-state index is 13.5. The second kappa shape index (κ2) is 9.65. The SMILES string of the molecule is Cc1nc2c(ncn2[C@@H]2O[C@]34COP(=O)(O)O[C@H]5[C@H]6OC[C@]5(COP(O)(=S)O[C@@H]2[C@@H]3C4)O[C@H]6n2cnc3c(N)ncnc32)c(=O)[nH]1. The summed E-state index contributed by atoms with van der Waals surface area (Å²) < 4.78 is 58.5.